The van der Waals surface area contributed by atoms with Gasteiger partial charge in [-0.1, -0.05) is 24.3 Å². The van der Waals surface area contributed by atoms with E-state index in [-0.39, 0.29) is 18.3 Å². The molecule has 0 spiro atoms. The molecule has 4 nitrogen and oxygen atoms in total. The van der Waals surface area contributed by atoms with Crippen LogP contribution in [-0.4, -0.2) is 28.1 Å². The van der Waals surface area contributed by atoms with E-state index >= 15 is 0 Å². The van der Waals surface area contributed by atoms with Crippen LogP contribution in [-0.2, 0) is 16.4 Å². The van der Waals surface area contributed by atoms with E-state index in [0.29, 0.717) is 0 Å². The van der Waals surface area contributed by atoms with Crippen molar-refractivity contribution in [2.45, 2.75) is 45.8 Å². The Balaban J connectivity index is 1.85. The van der Waals surface area contributed by atoms with Crippen LogP contribution in [0.4, 0.5) is 0 Å². The zero-order valence-electron chi connectivity index (χ0n) is 14.2. The van der Waals surface area contributed by atoms with E-state index in [1.807, 2.05) is 18.7 Å². The molecule has 1 saturated heterocycles. The third kappa shape index (κ3) is 2.48. The van der Waals surface area contributed by atoms with Gasteiger partial charge in [0.05, 0.1) is 22.6 Å². The molecule has 1 aliphatic rings. The van der Waals surface area contributed by atoms with Gasteiger partial charge in [-0.3, -0.25) is 4.68 Å². The summed E-state index contributed by atoms with van der Waals surface area (Å²) in [5.41, 5.74) is 3.69. The van der Waals surface area contributed by atoms with Gasteiger partial charge in [-0.25, -0.2) is 0 Å². The van der Waals surface area contributed by atoms with Crippen LogP contribution in [0.1, 0.15) is 33.4 Å². The molecule has 0 unspecified atom stereocenters. The molecule has 116 valence electrons. The number of rotatable bonds is 2. The highest BCUT2D eigenvalue weighted by Crippen LogP contribution is 2.36. The fraction of sp³-hybridized carbons (Fsp3) is 0.471. The maximum atomic E-state index is 6.08. The Morgan fingerprint density at radius 3 is 2.00 bits per heavy atom. The van der Waals surface area contributed by atoms with E-state index in [1.54, 1.807) is 0 Å². The van der Waals surface area contributed by atoms with Crippen molar-refractivity contribution in [3.8, 4) is 11.3 Å². The number of aryl methyl sites for hydroxylation is 2. The summed E-state index contributed by atoms with van der Waals surface area (Å²) in [6, 6.07) is 10.4. The molecule has 0 bridgehead atoms. The Hall–Kier alpha value is -1.59. The van der Waals surface area contributed by atoms with Crippen LogP contribution < -0.4 is 5.46 Å². The molecule has 0 amide bonds. The second kappa shape index (κ2) is 4.96. The van der Waals surface area contributed by atoms with E-state index in [1.165, 1.54) is 0 Å². The lowest BCUT2D eigenvalue weighted by Gasteiger charge is -2.32. The van der Waals surface area contributed by atoms with E-state index < -0.39 is 0 Å². The van der Waals surface area contributed by atoms with Crippen molar-refractivity contribution in [1.82, 2.24) is 9.78 Å². The van der Waals surface area contributed by atoms with Crippen LogP contribution in [0.15, 0.2) is 30.3 Å². The first-order valence-corrected chi connectivity index (χ1v) is 7.66. The smallest absolute Gasteiger partial charge is 0.399 e. The minimum absolute atomic E-state index is 0.310. The molecule has 1 aromatic carbocycles. The van der Waals surface area contributed by atoms with Gasteiger partial charge in [0.2, 0.25) is 0 Å². The molecule has 1 aliphatic heterocycles. The number of nitrogens with zero attached hydrogens (tertiary/aromatic N) is 2. The molecule has 0 N–H and O–H groups in total. The van der Waals surface area contributed by atoms with Gasteiger partial charge >= 0.3 is 7.12 Å². The predicted molar refractivity (Wildman–Crippen MR) is 89.1 cm³/mol. The molecule has 22 heavy (non-hydrogen) atoms. The van der Waals surface area contributed by atoms with Crippen molar-refractivity contribution in [2.24, 2.45) is 7.05 Å². The molecule has 2 heterocycles. The Bertz CT molecular complexity index is 673. The van der Waals surface area contributed by atoms with Gasteiger partial charge < -0.3 is 9.31 Å². The van der Waals surface area contributed by atoms with Gasteiger partial charge in [-0.2, -0.15) is 5.10 Å². The molecular formula is C17H23BN2O2. The first kappa shape index (κ1) is 15.3. The monoisotopic (exact) mass is 298 g/mol. The number of hydrogen-bond acceptors (Lipinski definition) is 3. The molecule has 0 radical (unpaired) electrons. The second-order valence-electron chi connectivity index (χ2n) is 7.00. The van der Waals surface area contributed by atoms with Crippen LogP contribution in [0.3, 0.4) is 0 Å². The zero-order chi connectivity index (χ0) is 16.1. The molecule has 1 fully saturated rings. The summed E-state index contributed by atoms with van der Waals surface area (Å²) in [4.78, 5) is 0. The number of benzene rings is 1. The molecule has 0 aliphatic carbocycles. The standard InChI is InChI=1S/C17H23BN2O2/c1-12-11-15(20(6)19-12)13-7-9-14(10-8-13)18-21-16(2,3)17(4,5)22-18/h7-11H,1-6H3. The molecule has 1 aromatic heterocycles. The predicted octanol–water partition coefficient (Wildman–Crippen LogP) is 2.69. The molecule has 2 aromatic rings. The average Bonchev–Trinajstić information content (AvgIpc) is 2.86. The molecule has 0 saturated carbocycles. The maximum Gasteiger partial charge on any atom is 0.494 e. The Labute approximate surface area is 132 Å². The Morgan fingerprint density at radius 1 is 1.00 bits per heavy atom. The third-order valence-electron chi connectivity index (χ3n) is 4.73. The van der Waals surface area contributed by atoms with E-state index in [2.05, 4.69) is 63.1 Å². The van der Waals surface area contributed by atoms with Gasteiger partial charge in [0.25, 0.3) is 0 Å². The quantitative estimate of drug-likeness (QED) is 0.800. The summed E-state index contributed by atoms with van der Waals surface area (Å²) >= 11 is 0. The summed E-state index contributed by atoms with van der Waals surface area (Å²) in [6.07, 6.45) is 0. The van der Waals surface area contributed by atoms with E-state index in [9.17, 15) is 0 Å². The molecule has 3 rings (SSSR count). The van der Waals surface area contributed by atoms with Crippen LogP contribution in [0.5, 0.6) is 0 Å². The summed E-state index contributed by atoms with van der Waals surface area (Å²) in [5, 5.41) is 4.39. The topological polar surface area (TPSA) is 36.3 Å². The first-order chi connectivity index (χ1) is 10.2. The Kier molecular flexibility index (Phi) is 3.46. The van der Waals surface area contributed by atoms with Crippen molar-refractivity contribution in [3.63, 3.8) is 0 Å². The average molecular weight is 298 g/mol. The van der Waals surface area contributed by atoms with E-state index in [4.69, 9.17) is 9.31 Å². The lowest BCUT2D eigenvalue weighted by atomic mass is 9.79. The SMILES string of the molecule is Cc1cc(-c2ccc(B3OC(C)(C)C(C)(C)O3)cc2)n(C)n1. The fourth-order valence-corrected chi connectivity index (χ4v) is 2.67. The van der Waals surface area contributed by atoms with Gasteiger partial charge in [-0.15, -0.1) is 0 Å². The van der Waals surface area contributed by atoms with Crippen molar-refractivity contribution >= 4 is 12.6 Å². The summed E-state index contributed by atoms with van der Waals surface area (Å²) < 4.78 is 14.1. The van der Waals surface area contributed by atoms with E-state index in [0.717, 1.165) is 22.4 Å². The van der Waals surface area contributed by atoms with Gasteiger partial charge in [0.15, 0.2) is 0 Å². The molecule has 0 atom stereocenters. The first-order valence-electron chi connectivity index (χ1n) is 7.66. The third-order valence-corrected chi connectivity index (χ3v) is 4.73. The van der Waals surface area contributed by atoms with Crippen LogP contribution in [0, 0.1) is 6.92 Å². The van der Waals surface area contributed by atoms with Crippen LogP contribution >= 0.6 is 0 Å². The van der Waals surface area contributed by atoms with Crippen molar-refractivity contribution in [1.29, 1.82) is 0 Å². The van der Waals surface area contributed by atoms with Crippen molar-refractivity contribution in [3.05, 3.63) is 36.0 Å². The van der Waals surface area contributed by atoms with Crippen LogP contribution in [0.25, 0.3) is 11.3 Å². The van der Waals surface area contributed by atoms with Crippen molar-refractivity contribution < 1.29 is 9.31 Å². The lowest BCUT2D eigenvalue weighted by Crippen LogP contribution is -2.41. The Morgan fingerprint density at radius 2 is 1.55 bits per heavy atom. The lowest BCUT2D eigenvalue weighted by molar-refractivity contribution is 0.00578. The maximum absolute atomic E-state index is 6.08. The second-order valence-corrected chi connectivity index (χ2v) is 7.00. The van der Waals surface area contributed by atoms with Gasteiger partial charge in [-0.05, 0) is 51.7 Å². The number of aromatic nitrogens is 2. The minimum Gasteiger partial charge on any atom is -0.399 e. The van der Waals surface area contributed by atoms with Gasteiger partial charge in [0.1, 0.15) is 0 Å². The highest BCUT2D eigenvalue weighted by molar-refractivity contribution is 6.62. The van der Waals surface area contributed by atoms with Gasteiger partial charge in [0, 0.05) is 7.05 Å². The molecule has 5 heteroatoms. The summed E-state index contributed by atoms with van der Waals surface area (Å²) in [7, 11) is 1.65. The number of hydrogen-bond donors (Lipinski definition) is 0. The zero-order valence-corrected chi connectivity index (χ0v) is 14.2. The fourth-order valence-electron chi connectivity index (χ4n) is 2.67. The minimum atomic E-state index is -0.313. The van der Waals surface area contributed by atoms with Crippen LogP contribution in [0.2, 0.25) is 0 Å². The van der Waals surface area contributed by atoms with Crippen molar-refractivity contribution in [2.75, 3.05) is 0 Å². The largest absolute Gasteiger partial charge is 0.494 e. The highest BCUT2D eigenvalue weighted by Gasteiger charge is 2.51. The highest BCUT2D eigenvalue weighted by atomic mass is 16.7. The normalized spacial score (nSPS) is 19.6. The molecular weight excluding hydrogens is 275 g/mol. The summed E-state index contributed by atoms with van der Waals surface area (Å²) in [5.74, 6) is 0. The summed E-state index contributed by atoms with van der Waals surface area (Å²) in [6.45, 7) is 10.3.